The first kappa shape index (κ1) is 75.5. The van der Waals surface area contributed by atoms with Crippen LogP contribution in [0.25, 0.3) is 0 Å². The van der Waals surface area contributed by atoms with E-state index in [0.717, 1.165) is 62.1 Å². The highest BCUT2D eigenvalue weighted by molar-refractivity contribution is 6.84. The molecule has 3 amide bonds. The van der Waals surface area contributed by atoms with E-state index >= 15 is 0 Å². The van der Waals surface area contributed by atoms with E-state index in [0.29, 0.717) is 51.9 Å². The largest absolute Gasteiger partial charge is 0.462 e. The maximum Gasteiger partial charge on any atom is 0.407 e. The maximum absolute atomic E-state index is 13.1. The number of amides is 3. The Kier molecular flexibility index (Phi) is 32.5. The van der Waals surface area contributed by atoms with Crippen molar-refractivity contribution in [2.45, 2.75) is 182 Å². The molecule has 0 bridgehead atoms. The fourth-order valence-corrected chi connectivity index (χ4v) is 20.6. The minimum Gasteiger partial charge on any atom is -0.462 e. The summed E-state index contributed by atoms with van der Waals surface area (Å²) in [5, 5.41) is 8.87. The lowest BCUT2D eigenvalue weighted by molar-refractivity contribution is -0.152. The average molecular weight is 1240 g/mol. The molecule has 2 saturated carbocycles. The zero-order valence-corrected chi connectivity index (χ0v) is 55.1. The van der Waals surface area contributed by atoms with Gasteiger partial charge in [0.1, 0.15) is 51.8 Å². The van der Waals surface area contributed by atoms with Crippen LogP contribution in [0.4, 0.5) is 14.4 Å². The van der Waals surface area contributed by atoms with Gasteiger partial charge in [0.15, 0.2) is 16.6 Å². The van der Waals surface area contributed by atoms with Crippen molar-refractivity contribution in [1.82, 2.24) is 16.0 Å². The number of alkyl carbamates (subject to hydrolysis) is 3. The number of rotatable bonds is 39. The second-order valence-corrected chi connectivity index (χ2v) is 35.2. The third-order valence-electron chi connectivity index (χ3n) is 14.5. The molecule has 0 spiro atoms. The molecule has 0 aromatic heterocycles. The van der Waals surface area contributed by atoms with Gasteiger partial charge in [-0.2, -0.15) is 0 Å². The molecule has 0 aliphatic heterocycles. The van der Waals surface area contributed by atoms with Crippen molar-refractivity contribution in [3.05, 3.63) is 50.6 Å². The van der Waals surface area contributed by atoms with Gasteiger partial charge >= 0.3 is 48.1 Å². The number of hydrogen-bond acceptors (Lipinski definition) is 19. The molecule has 6 unspecified atom stereocenters. The van der Waals surface area contributed by atoms with Crippen molar-refractivity contribution in [2.24, 2.45) is 34.0 Å². The van der Waals surface area contributed by atoms with Gasteiger partial charge in [0, 0.05) is 62.1 Å². The fraction of sp³-hybridized carbons (Fsp3) is 0.738. The molecule has 0 aromatic carbocycles. The first-order valence-electron chi connectivity index (χ1n) is 29.7. The van der Waals surface area contributed by atoms with Crippen molar-refractivity contribution in [1.29, 1.82) is 0 Å². The van der Waals surface area contributed by atoms with Crippen LogP contribution in [-0.2, 0) is 75.5 Å². The molecule has 0 heterocycles. The Bertz CT molecular complexity index is 2180. The van der Waals surface area contributed by atoms with Gasteiger partial charge in [0.05, 0.1) is 25.0 Å². The smallest absolute Gasteiger partial charge is 0.407 e. The molecule has 3 N–H and O–H groups in total. The topological polar surface area (TPSA) is 274 Å². The molecule has 0 saturated heterocycles. The summed E-state index contributed by atoms with van der Waals surface area (Å²) in [6.45, 7) is 39.5. The van der Waals surface area contributed by atoms with E-state index in [4.69, 9.17) is 51.5 Å². The van der Waals surface area contributed by atoms with E-state index in [1.165, 1.54) is 0 Å². The molecule has 24 heteroatoms. The monoisotopic (exact) mass is 1240 g/mol. The van der Waals surface area contributed by atoms with Crippen LogP contribution in [0.1, 0.15) is 120 Å². The predicted octanol–water partition coefficient (Wildman–Crippen LogP) is 9.82. The predicted molar refractivity (Wildman–Crippen MR) is 325 cm³/mol. The highest BCUT2D eigenvalue weighted by atomic mass is 28.4. The lowest BCUT2D eigenvalue weighted by Crippen LogP contribution is -2.54. The number of esters is 5. The van der Waals surface area contributed by atoms with Gasteiger partial charge in [-0.15, -0.1) is 0 Å². The molecule has 484 valence electrons. The van der Waals surface area contributed by atoms with Crippen LogP contribution in [0, 0.1) is 34.0 Å². The van der Waals surface area contributed by atoms with Crippen LogP contribution in [0.3, 0.4) is 0 Å². The number of carbonyl (C=O) groups is 8. The Morgan fingerprint density at radius 1 is 0.541 bits per heavy atom. The Labute approximate surface area is 507 Å². The fourth-order valence-electron chi connectivity index (χ4n) is 11.8. The normalized spacial score (nSPS) is 20.7. The first-order chi connectivity index (χ1) is 39.6. The van der Waals surface area contributed by atoms with Gasteiger partial charge in [-0.1, -0.05) is 60.9 Å². The third-order valence-corrected chi connectivity index (χ3v) is 22.1. The zero-order chi connectivity index (χ0) is 64.1. The molecular weight excluding hydrogens is 1130 g/mol. The zero-order valence-electron chi connectivity index (χ0n) is 53.1. The van der Waals surface area contributed by atoms with E-state index in [2.05, 4.69) is 103 Å². The quantitative estimate of drug-likeness (QED) is 0.0170. The van der Waals surface area contributed by atoms with E-state index in [1.54, 1.807) is 6.92 Å². The first-order valence-corrected chi connectivity index (χ1v) is 35.9. The van der Waals surface area contributed by atoms with E-state index in [1.807, 2.05) is 13.8 Å². The van der Waals surface area contributed by atoms with E-state index in [-0.39, 0.29) is 93.4 Å². The van der Waals surface area contributed by atoms with Gasteiger partial charge in [0.2, 0.25) is 0 Å². The lowest BCUT2D eigenvalue weighted by atomic mass is 9.61. The van der Waals surface area contributed by atoms with Crippen LogP contribution >= 0.6 is 0 Å². The molecule has 0 radical (unpaired) electrons. The van der Waals surface area contributed by atoms with Crippen LogP contribution in [0.2, 0.25) is 38.3 Å². The summed E-state index contributed by atoms with van der Waals surface area (Å²) < 4.78 is 61.4. The Morgan fingerprint density at radius 2 is 0.976 bits per heavy atom. The van der Waals surface area contributed by atoms with Crippen LogP contribution in [0.15, 0.2) is 50.6 Å². The lowest BCUT2D eigenvalue weighted by Gasteiger charge is -2.46. The standard InChI is InChI=1S/C61H103N3O19Si2/c1-17-50(65)75-36-47(37-76-51(66)18-2)40-79-56(71)63-49-31-59(9,10)42-60(11,32-49)24-23-54(69)81-44(5)34-73-25-21-27-84(13,14)83-85(15,16)28-22-26-74-35-45(6)82-55(70)62-33-46-29-58(7,8)43-61(12,30-46)64-57(72)80-41-48(38-77-52(67)19-3)39-78-53(68)20-4/h17-20,44-49H,1-4,21-43H2,5-16H3,(H,62,70)(H,63,71)(H,64,72). The van der Waals surface area contributed by atoms with Crippen LogP contribution in [-0.4, -0.2) is 161 Å². The van der Waals surface area contributed by atoms with Crippen LogP contribution < -0.4 is 16.0 Å². The summed E-state index contributed by atoms with van der Waals surface area (Å²) >= 11 is 0. The SMILES string of the molecule is C=CC(=O)OCC(COC(=O)C=C)COC(=O)NC1CC(C)(C)CC(C)(CCC(=O)OC(C)COCCC[Si](C)(C)O[Si](C)(C)CCCOCC(C)OC(=O)NCC2CC(C)(C)CC(C)(NC(=O)OCC(COC(=O)C=C)COC(=O)C=C)C2)C1. The summed E-state index contributed by atoms with van der Waals surface area (Å²) in [5.41, 5.74) is -1.21. The van der Waals surface area contributed by atoms with Crippen LogP contribution in [0.5, 0.6) is 0 Å². The molecule has 85 heavy (non-hydrogen) atoms. The second-order valence-electron chi connectivity index (χ2n) is 26.3. The van der Waals surface area contributed by atoms with Gasteiger partial charge < -0.3 is 67.4 Å². The van der Waals surface area contributed by atoms with Crippen molar-refractivity contribution in [2.75, 3.05) is 72.6 Å². The van der Waals surface area contributed by atoms with Crippen molar-refractivity contribution < 1.29 is 89.8 Å². The van der Waals surface area contributed by atoms with Crippen molar-refractivity contribution >= 4 is 64.8 Å². The summed E-state index contributed by atoms with van der Waals surface area (Å²) in [6.07, 6.45) is 7.91. The van der Waals surface area contributed by atoms with E-state index in [9.17, 15) is 38.4 Å². The third kappa shape index (κ3) is 33.8. The number of nitrogens with one attached hydrogen (secondary N) is 3. The highest BCUT2D eigenvalue weighted by Crippen LogP contribution is 2.49. The molecule has 2 fully saturated rings. The molecule has 22 nitrogen and oxygen atoms in total. The molecule has 2 aliphatic rings. The number of ether oxygens (including phenoxy) is 10. The molecule has 2 aliphatic carbocycles. The molecule has 0 aromatic rings. The minimum absolute atomic E-state index is 0.0266. The van der Waals surface area contributed by atoms with Crippen molar-refractivity contribution in [3.8, 4) is 0 Å². The van der Waals surface area contributed by atoms with Gasteiger partial charge in [-0.25, -0.2) is 33.6 Å². The summed E-state index contributed by atoms with van der Waals surface area (Å²) in [5.74, 6) is -4.13. The second kappa shape index (κ2) is 36.5. The highest BCUT2D eigenvalue weighted by Gasteiger charge is 2.44. The van der Waals surface area contributed by atoms with Gasteiger partial charge in [0.25, 0.3) is 0 Å². The Balaban J connectivity index is 1.68. The summed E-state index contributed by atoms with van der Waals surface area (Å²) in [7, 11) is -4.05. The number of carbonyl (C=O) groups excluding carboxylic acids is 8. The Hall–Kier alpha value is -5.57. The molecule has 6 atom stereocenters. The summed E-state index contributed by atoms with van der Waals surface area (Å²) in [6, 6.07) is 1.60. The summed E-state index contributed by atoms with van der Waals surface area (Å²) in [4.78, 5) is 98.4. The molecule has 2 rings (SSSR count). The van der Waals surface area contributed by atoms with E-state index < -0.39 is 88.4 Å². The minimum atomic E-state index is -2.03. The molecular formula is C61H103N3O19Si2. The average Bonchev–Trinajstić information content (AvgIpc) is 1.92. The van der Waals surface area contributed by atoms with Crippen molar-refractivity contribution in [3.63, 3.8) is 0 Å². The maximum atomic E-state index is 13.1. The Morgan fingerprint density at radius 3 is 1.45 bits per heavy atom. The number of hydrogen-bond donors (Lipinski definition) is 3. The van der Waals surface area contributed by atoms with Gasteiger partial charge in [-0.05, 0) is 139 Å². The van der Waals surface area contributed by atoms with Gasteiger partial charge in [-0.3, -0.25) is 4.79 Å².